The molecular weight excluding hydrogens is 348 g/mol. The quantitative estimate of drug-likeness (QED) is 0.795. The van der Waals surface area contributed by atoms with E-state index in [0.717, 1.165) is 6.07 Å². The maximum Gasteiger partial charge on any atom is 0.450 e. The van der Waals surface area contributed by atoms with E-state index < -0.39 is 30.1 Å². The lowest BCUT2D eigenvalue weighted by Crippen LogP contribution is -2.24. The number of Topliss-reactive ketones (excluding diaryl/α,β-unsaturated/α-hetero) is 1. The molecule has 1 heterocycles. The van der Waals surface area contributed by atoms with Gasteiger partial charge < -0.3 is 4.52 Å². The minimum absolute atomic E-state index is 0.0318. The highest BCUT2D eigenvalue weighted by Crippen LogP contribution is 2.24. The lowest BCUT2D eigenvalue weighted by atomic mass is 10.2. The summed E-state index contributed by atoms with van der Waals surface area (Å²) in [6.45, 7) is 0. The van der Waals surface area contributed by atoms with Crippen molar-refractivity contribution >= 4 is 21.7 Å². The van der Waals surface area contributed by atoms with Gasteiger partial charge in [-0.15, -0.1) is 0 Å². The molecule has 0 fully saturated rings. The number of ketones is 1. The number of carbonyl (C=O) groups is 1. The monoisotopic (exact) mass is 352 g/mol. The maximum absolute atomic E-state index is 13.0. The first-order valence-corrected chi connectivity index (χ1v) is 5.94. The Hall–Kier alpha value is -1.77. The normalized spacial score (nSPS) is 11.7. The van der Waals surface area contributed by atoms with Crippen LogP contribution in [0.1, 0.15) is 5.89 Å². The van der Waals surface area contributed by atoms with Crippen molar-refractivity contribution < 1.29 is 26.9 Å². The van der Waals surface area contributed by atoms with Gasteiger partial charge in [-0.1, -0.05) is 5.16 Å². The summed E-state index contributed by atoms with van der Waals surface area (Å²) in [7, 11) is 0. The molecule has 20 heavy (non-hydrogen) atoms. The third kappa shape index (κ3) is 3.21. The Morgan fingerprint density at radius 1 is 1.35 bits per heavy atom. The molecule has 0 aliphatic carbocycles. The van der Waals surface area contributed by atoms with Crippen LogP contribution in [0.3, 0.4) is 0 Å². The number of hydrogen-bond acceptors (Lipinski definition) is 4. The molecule has 1 aromatic carbocycles. The predicted octanol–water partition coefficient (Wildman–Crippen LogP) is 3.31. The molecule has 0 N–H and O–H groups in total. The SMILES string of the molecule is O=C(Cc1nc(-c2ccc(F)c(Br)c2)no1)C(F)(F)F. The summed E-state index contributed by atoms with van der Waals surface area (Å²) < 4.78 is 54.0. The van der Waals surface area contributed by atoms with E-state index in [2.05, 4.69) is 30.6 Å². The van der Waals surface area contributed by atoms with Gasteiger partial charge in [0.15, 0.2) is 0 Å². The number of nitrogens with zero attached hydrogens (tertiary/aromatic N) is 2. The standard InChI is InChI=1S/C11H5BrF4N2O2/c12-6-3-5(1-2-7(6)13)10-17-9(20-18-10)4-8(19)11(14,15)16/h1-3H,4H2. The van der Waals surface area contributed by atoms with Gasteiger partial charge >= 0.3 is 6.18 Å². The van der Waals surface area contributed by atoms with Crippen molar-refractivity contribution in [1.29, 1.82) is 0 Å². The molecule has 1 aromatic heterocycles. The number of halogens is 5. The Labute approximate surface area is 117 Å². The summed E-state index contributed by atoms with van der Waals surface area (Å²) in [5.41, 5.74) is 0.340. The average Bonchev–Trinajstić information content (AvgIpc) is 2.80. The molecule has 106 valence electrons. The third-order valence-corrected chi connectivity index (χ3v) is 2.88. The number of aromatic nitrogens is 2. The van der Waals surface area contributed by atoms with Crippen LogP contribution in [0.5, 0.6) is 0 Å². The molecule has 0 saturated carbocycles. The topological polar surface area (TPSA) is 56.0 Å². The lowest BCUT2D eigenvalue weighted by Gasteiger charge is -2.00. The average molecular weight is 353 g/mol. The molecule has 4 nitrogen and oxygen atoms in total. The van der Waals surface area contributed by atoms with Crippen molar-refractivity contribution in [3.05, 3.63) is 34.4 Å². The highest BCUT2D eigenvalue weighted by atomic mass is 79.9. The Morgan fingerprint density at radius 3 is 2.65 bits per heavy atom. The zero-order valence-corrected chi connectivity index (χ0v) is 11.1. The van der Waals surface area contributed by atoms with Crippen LogP contribution in [0.25, 0.3) is 11.4 Å². The van der Waals surface area contributed by atoms with Gasteiger partial charge in [0, 0.05) is 5.56 Å². The molecule has 0 atom stereocenters. The van der Waals surface area contributed by atoms with Gasteiger partial charge in [0.2, 0.25) is 17.5 Å². The maximum atomic E-state index is 13.0. The minimum Gasteiger partial charge on any atom is -0.338 e. The van der Waals surface area contributed by atoms with Gasteiger partial charge in [-0.2, -0.15) is 18.2 Å². The summed E-state index contributed by atoms with van der Waals surface area (Å²) in [6.07, 6.45) is -5.98. The first-order chi connectivity index (χ1) is 9.27. The zero-order valence-electron chi connectivity index (χ0n) is 9.54. The van der Waals surface area contributed by atoms with E-state index in [9.17, 15) is 22.4 Å². The Kier molecular flexibility index (Phi) is 3.89. The van der Waals surface area contributed by atoms with Crippen molar-refractivity contribution in [1.82, 2.24) is 10.1 Å². The predicted molar refractivity (Wildman–Crippen MR) is 62.2 cm³/mol. The number of carbonyl (C=O) groups excluding carboxylic acids is 1. The summed E-state index contributed by atoms with van der Waals surface area (Å²) in [4.78, 5) is 14.4. The van der Waals surface area contributed by atoms with E-state index in [1.54, 1.807) is 0 Å². The lowest BCUT2D eigenvalue weighted by molar-refractivity contribution is -0.170. The van der Waals surface area contributed by atoms with Crippen molar-refractivity contribution in [2.45, 2.75) is 12.6 Å². The number of benzene rings is 1. The molecule has 0 bridgehead atoms. The van der Waals surface area contributed by atoms with Crippen LogP contribution in [0, 0.1) is 5.82 Å². The zero-order chi connectivity index (χ0) is 14.9. The van der Waals surface area contributed by atoms with Gasteiger partial charge in [-0.25, -0.2) is 4.39 Å². The molecule has 9 heteroatoms. The van der Waals surface area contributed by atoms with Crippen LogP contribution in [0.15, 0.2) is 27.2 Å². The fourth-order valence-corrected chi connectivity index (χ4v) is 1.70. The Balaban J connectivity index is 2.21. The fraction of sp³-hybridized carbons (Fsp3) is 0.182. The molecule has 2 aromatic rings. The number of rotatable bonds is 3. The first kappa shape index (κ1) is 14.6. The van der Waals surface area contributed by atoms with E-state index in [1.807, 2.05) is 0 Å². The summed E-state index contributed by atoms with van der Waals surface area (Å²) >= 11 is 2.95. The van der Waals surface area contributed by atoms with Crippen LogP contribution in [0.2, 0.25) is 0 Å². The number of alkyl halides is 3. The molecule has 0 radical (unpaired) electrons. The van der Waals surface area contributed by atoms with Crippen LogP contribution in [0.4, 0.5) is 17.6 Å². The van der Waals surface area contributed by atoms with Crippen molar-refractivity contribution in [2.75, 3.05) is 0 Å². The molecule has 0 aliphatic rings. The van der Waals surface area contributed by atoms with Crippen LogP contribution < -0.4 is 0 Å². The van der Waals surface area contributed by atoms with Crippen LogP contribution in [-0.4, -0.2) is 22.1 Å². The van der Waals surface area contributed by atoms with Gasteiger partial charge in [-0.3, -0.25) is 4.79 Å². The van der Waals surface area contributed by atoms with Crippen LogP contribution in [-0.2, 0) is 11.2 Å². The van der Waals surface area contributed by atoms with Gasteiger partial charge in [0.05, 0.1) is 10.9 Å². The van der Waals surface area contributed by atoms with Gasteiger partial charge in [0.25, 0.3) is 0 Å². The highest BCUT2D eigenvalue weighted by Gasteiger charge is 2.39. The molecule has 0 saturated heterocycles. The second kappa shape index (κ2) is 5.31. The molecule has 0 amide bonds. The largest absolute Gasteiger partial charge is 0.450 e. The molecule has 2 rings (SSSR count). The second-order valence-electron chi connectivity index (χ2n) is 3.74. The molecular formula is C11H5BrF4N2O2. The summed E-state index contributed by atoms with van der Waals surface area (Å²) in [5, 5.41) is 3.44. The van der Waals surface area contributed by atoms with E-state index in [4.69, 9.17) is 0 Å². The number of hydrogen-bond donors (Lipinski definition) is 0. The Bertz CT molecular complexity index is 654. The minimum atomic E-state index is -4.95. The third-order valence-electron chi connectivity index (χ3n) is 2.27. The van der Waals surface area contributed by atoms with Crippen LogP contribution >= 0.6 is 15.9 Å². The highest BCUT2D eigenvalue weighted by molar-refractivity contribution is 9.10. The molecule has 0 aliphatic heterocycles. The molecule has 0 spiro atoms. The van der Waals surface area contributed by atoms with E-state index in [1.165, 1.54) is 12.1 Å². The van der Waals surface area contributed by atoms with Crippen molar-refractivity contribution in [3.63, 3.8) is 0 Å². The van der Waals surface area contributed by atoms with Gasteiger partial charge in [-0.05, 0) is 34.1 Å². The van der Waals surface area contributed by atoms with Crippen molar-refractivity contribution in [3.8, 4) is 11.4 Å². The first-order valence-electron chi connectivity index (χ1n) is 5.15. The Morgan fingerprint density at radius 2 is 2.05 bits per heavy atom. The van der Waals surface area contributed by atoms with Crippen molar-refractivity contribution in [2.24, 2.45) is 0 Å². The fourth-order valence-electron chi connectivity index (χ4n) is 1.32. The smallest absolute Gasteiger partial charge is 0.338 e. The summed E-state index contributed by atoms with van der Waals surface area (Å²) in [6, 6.07) is 3.81. The van der Waals surface area contributed by atoms with Gasteiger partial charge in [0.1, 0.15) is 5.82 Å². The summed E-state index contributed by atoms with van der Waals surface area (Å²) in [5.74, 6) is -2.98. The van der Waals surface area contributed by atoms with E-state index in [-0.39, 0.29) is 10.3 Å². The molecule has 0 unspecified atom stereocenters. The van der Waals surface area contributed by atoms with E-state index >= 15 is 0 Å². The second-order valence-corrected chi connectivity index (χ2v) is 4.59. The van der Waals surface area contributed by atoms with E-state index in [0.29, 0.717) is 5.56 Å².